The van der Waals surface area contributed by atoms with Gasteiger partial charge in [-0.1, -0.05) is 18.2 Å². The van der Waals surface area contributed by atoms with Crippen molar-refractivity contribution in [1.82, 2.24) is 4.90 Å². The highest BCUT2D eigenvalue weighted by atomic mass is 16.4. The molecule has 3 aliphatic rings. The lowest BCUT2D eigenvalue weighted by Gasteiger charge is -2.50. The molecule has 1 aromatic carbocycles. The van der Waals surface area contributed by atoms with Crippen LogP contribution in [-0.4, -0.2) is 41.1 Å². The second-order valence-corrected chi connectivity index (χ2v) is 8.76. The predicted octanol–water partition coefficient (Wildman–Crippen LogP) is 3.91. The first kappa shape index (κ1) is 19.0. The van der Waals surface area contributed by atoms with Crippen LogP contribution in [0.5, 0.6) is 0 Å². The van der Waals surface area contributed by atoms with Crippen LogP contribution in [-0.2, 0) is 15.0 Å². The van der Waals surface area contributed by atoms with E-state index in [1.807, 2.05) is 4.90 Å². The summed E-state index contributed by atoms with van der Waals surface area (Å²) in [6, 6.07) is 4.48. The molecule has 4 rings (SSSR count). The van der Waals surface area contributed by atoms with Gasteiger partial charge >= 0.3 is 5.97 Å². The molecule has 0 bridgehead atoms. The topological polar surface area (TPSA) is 60.9 Å². The van der Waals surface area contributed by atoms with Crippen molar-refractivity contribution in [2.75, 3.05) is 18.5 Å². The van der Waals surface area contributed by atoms with Crippen molar-refractivity contribution in [3.63, 3.8) is 0 Å². The van der Waals surface area contributed by atoms with Gasteiger partial charge in [0.2, 0.25) is 5.91 Å². The maximum absolute atomic E-state index is 13.2. The number of fused-ring (bicyclic) bond motifs is 1. The van der Waals surface area contributed by atoms with E-state index in [0.717, 1.165) is 32.1 Å². The zero-order valence-corrected chi connectivity index (χ0v) is 17.2. The van der Waals surface area contributed by atoms with Crippen LogP contribution in [0.25, 0.3) is 0 Å². The van der Waals surface area contributed by atoms with Gasteiger partial charge in [0.05, 0.1) is 11.8 Å². The summed E-state index contributed by atoms with van der Waals surface area (Å²) in [6.07, 6.45) is 4.82. The number of likely N-dealkylation sites (tertiary alicyclic amines) is 1. The number of benzene rings is 1. The first-order valence-corrected chi connectivity index (χ1v) is 10.3. The van der Waals surface area contributed by atoms with E-state index >= 15 is 0 Å². The lowest BCUT2D eigenvalue weighted by atomic mass is 9.65. The lowest BCUT2D eigenvalue weighted by Crippen LogP contribution is -2.63. The Hall–Kier alpha value is -2.30. The van der Waals surface area contributed by atoms with Crippen molar-refractivity contribution >= 4 is 17.6 Å². The second-order valence-electron chi connectivity index (χ2n) is 8.76. The van der Waals surface area contributed by atoms with Gasteiger partial charge in [-0.3, -0.25) is 9.59 Å². The Morgan fingerprint density at radius 3 is 2.64 bits per heavy atom. The maximum Gasteiger partial charge on any atom is 0.303 e. The molecule has 0 spiro atoms. The Balaban J connectivity index is 1.91. The number of amides is 1. The SMILES string of the molecule is C=C1CCCC[C@@]23N(C(=O)CCC(=O)O)CC[C@@]12c1c(C)cc(C)cc1N3C. The minimum absolute atomic E-state index is 0.0481. The van der Waals surface area contributed by atoms with Crippen molar-refractivity contribution in [3.05, 3.63) is 41.0 Å². The third kappa shape index (κ3) is 2.25. The highest BCUT2D eigenvalue weighted by Gasteiger charge is 2.69. The molecule has 1 aromatic rings. The van der Waals surface area contributed by atoms with Crippen LogP contribution in [0.3, 0.4) is 0 Å². The number of aliphatic carboxylic acids is 1. The van der Waals surface area contributed by atoms with Crippen LogP contribution in [0.15, 0.2) is 24.3 Å². The van der Waals surface area contributed by atoms with E-state index in [4.69, 9.17) is 5.11 Å². The highest BCUT2D eigenvalue weighted by molar-refractivity contribution is 5.85. The molecule has 0 unspecified atom stereocenters. The first-order chi connectivity index (χ1) is 13.3. The smallest absolute Gasteiger partial charge is 0.303 e. The minimum Gasteiger partial charge on any atom is -0.481 e. The van der Waals surface area contributed by atoms with Crippen molar-refractivity contribution in [2.24, 2.45) is 0 Å². The zero-order chi connectivity index (χ0) is 20.3. The Morgan fingerprint density at radius 1 is 1.18 bits per heavy atom. The minimum atomic E-state index is -0.920. The van der Waals surface area contributed by atoms with E-state index in [2.05, 4.69) is 44.5 Å². The largest absolute Gasteiger partial charge is 0.481 e. The number of carbonyl (C=O) groups excluding carboxylic acids is 1. The summed E-state index contributed by atoms with van der Waals surface area (Å²) in [6.45, 7) is 9.51. The summed E-state index contributed by atoms with van der Waals surface area (Å²) in [5.41, 5.74) is 5.54. The number of hydrogen-bond donors (Lipinski definition) is 1. The predicted molar refractivity (Wildman–Crippen MR) is 110 cm³/mol. The molecule has 2 atom stereocenters. The lowest BCUT2D eigenvalue weighted by molar-refractivity contribution is -0.143. The van der Waals surface area contributed by atoms with E-state index in [9.17, 15) is 9.59 Å². The van der Waals surface area contributed by atoms with Gasteiger partial charge in [0.1, 0.15) is 5.66 Å². The average molecular weight is 383 g/mol. The molecule has 1 saturated carbocycles. The van der Waals surface area contributed by atoms with Crippen molar-refractivity contribution < 1.29 is 14.7 Å². The molecule has 2 aliphatic heterocycles. The standard InChI is InChI=1S/C23H30N2O3/c1-15-13-16(2)21-18(14-15)24(4)23-10-6-5-7-17(3)22(21,23)11-12-25(23)19(26)8-9-20(27)28/h13-14H,3,5-12H2,1-2,4H3,(H,27,28)/t22-,23+/m0/s1. The zero-order valence-electron chi connectivity index (χ0n) is 17.2. The van der Waals surface area contributed by atoms with Crippen LogP contribution in [0.2, 0.25) is 0 Å². The summed E-state index contributed by atoms with van der Waals surface area (Å²) in [7, 11) is 2.11. The van der Waals surface area contributed by atoms with Crippen LogP contribution in [0.1, 0.15) is 61.6 Å². The highest BCUT2D eigenvalue weighted by Crippen LogP contribution is 2.65. The van der Waals surface area contributed by atoms with Gasteiger partial charge in [-0.15, -0.1) is 0 Å². The van der Waals surface area contributed by atoms with Crippen LogP contribution < -0.4 is 4.90 Å². The van der Waals surface area contributed by atoms with Crippen LogP contribution in [0, 0.1) is 13.8 Å². The summed E-state index contributed by atoms with van der Waals surface area (Å²) < 4.78 is 0. The van der Waals surface area contributed by atoms with Gasteiger partial charge in [0, 0.05) is 25.7 Å². The molecule has 5 heteroatoms. The maximum atomic E-state index is 13.2. The molecule has 1 amide bonds. The first-order valence-electron chi connectivity index (χ1n) is 10.3. The average Bonchev–Trinajstić information content (AvgIpc) is 3.01. The quantitative estimate of drug-likeness (QED) is 0.805. The number of hydrogen-bond acceptors (Lipinski definition) is 3. The molecule has 2 heterocycles. The molecule has 150 valence electrons. The summed E-state index contributed by atoms with van der Waals surface area (Å²) in [4.78, 5) is 28.6. The van der Waals surface area contributed by atoms with Crippen molar-refractivity contribution in [1.29, 1.82) is 0 Å². The van der Waals surface area contributed by atoms with E-state index in [0.29, 0.717) is 6.54 Å². The van der Waals surface area contributed by atoms with Gasteiger partial charge in [-0.25, -0.2) is 0 Å². The molecule has 0 aromatic heterocycles. The number of carboxylic acids is 1. The van der Waals surface area contributed by atoms with E-state index in [1.165, 1.54) is 28.0 Å². The van der Waals surface area contributed by atoms with Crippen LogP contribution >= 0.6 is 0 Å². The molecule has 1 N–H and O–H groups in total. The van der Waals surface area contributed by atoms with Crippen molar-refractivity contribution in [3.8, 4) is 0 Å². The van der Waals surface area contributed by atoms with E-state index < -0.39 is 11.6 Å². The van der Waals surface area contributed by atoms with Gasteiger partial charge in [-0.05, 0) is 68.7 Å². The summed E-state index contributed by atoms with van der Waals surface area (Å²) >= 11 is 0. The third-order valence-electron chi connectivity index (χ3n) is 7.35. The van der Waals surface area contributed by atoms with Gasteiger partial charge in [0.15, 0.2) is 0 Å². The third-order valence-corrected chi connectivity index (χ3v) is 7.35. The Kier molecular flexibility index (Phi) is 4.32. The fourth-order valence-electron chi connectivity index (χ4n) is 6.41. The number of likely N-dealkylation sites (N-methyl/N-ethyl adjacent to an activating group) is 1. The summed E-state index contributed by atoms with van der Waals surface area (Å²) in [5.74, 6) is -0.968. The van der Waals surface area contributed by atoms with E-state index in [1.54, 1.807) is 0 Å². The number of aryl methyl sites for hydroxylation is 2. The Labute approximate surface area is 167 Å². The van der Waals surface area contributed by atoms with Crippen molar-refractivity contribution in [2.45, 2.75) is 69.9 Å². The fraction of sp³-hybridized carbons (Fsp3) is 0.565. The fourth-order valence-corrected chi connectivity index (χ4v) is 6.41. The normalized spacial score (nSPS) is 28.6. The second kappa shape index (κ2) is 6.36. The molecular formula is C23H30N2O3. The number of carbonyl (C=O) groups is 2. The van der Waals surface area contributed by atoms with Gasteiger partial charge in [-0.2, -0.15) is 0 Å². The molecule has 1 saturated heterocycles. The Bertz CT molecular complexity index is 877. The monoisotopic (exact) mass is 382 g/mol. The van der Waals surface area contributed by atoms with Gasteiger partial charge in [0.25, 0.3) is 0 Å². The Morgan fingerprint density at radius 2 is 1.93 bits per heavy atom. The molecule has 1 aliphatic carbocycles. The van der Waals surface area contributed by atoms with Gasteiger partial charge < -0.3 is 14.9 Å². The number of rotatable bonds is 3. The molecule has 5 nitrogen and oxygen atoms in total. The number of anilines is 1. The molecule has 0 radical (unpaired) electrons. The number of nitrogens with zero attached hydrogens (tertiary/aromatic N) is 2. The number of carboxylic acid groups (broad SMARTS) is 1. The summed E-state index contributed by atoms with van der Waals surface area (Å²) in [5, 5.41) is 9.07. The molecular weight excluding hydrogens is 352 g/mol. The van der Waals surface area contributed by atoms with Crippen LogP contribution in [0.4, 0.5) is 5.69 Å². The molecule has 28 heavy (non-hydrogen) atoms. The van der Waals surface area contributed by atoms with E-state index in [-0.39, 0.29) is 24.2 Å². The molecule has 2 fully saturated rings.